The van der Waals surface area contributed by atoms with E-state index in [2.05, 4.69) is 9.97 Å². The monoisotopic (exact) mass is 343 g/mol. The molecule has 1 saturated heterocycles. The molecule has 7 heteroatoms. The topological polar surface area (TPSA) is 73.8 Å². The van der Waals surface area contributed by atoms with E-state index in [1.165, 1.54) is 6.33 Å². The van der Waals surface area contributed by atoms with Gasteiger partial charge in [0.05, 0.1) is 19.8 Å². The minimum atomic E-state index is -0.741. The highest BCUT2D eigenvalue weighted by atomic mass is 16.6. The van der Waals surface area contributed by atoms with Crippen molar-refractivity contribution in [2.75, 3.05) is 40.0 Å². The maximum absolute atomic E-state index is 12.7. The molecule has 1 amide bonds. The maximum Gasteiger partial charge on any atom is 0.272 e. The second-order valence-corrected chi connectivity index (χ2v) is 5.86. The Bertz CT molecular complexity index is 683. The predicted molar refractivity (Wildman–Crippen MR) is 90.4 cm³/mol. The smallest absolute Gasteiger partial charge is 0.272 e. The van der Waals surface area contributed by atoms with E-state index < -0.39 is 5.60 Å². The van der Waals surface area contributed by atoms with E-state index >= 15 is 0 Å². The second kappa shape index (κ2) is 8.04. The summed E-state index contributed by atoms with van der Waals surface area (Å²) in [5.41, 5.74) is -0.388. The van der Waals surface area contributed by atoms with Gasteiger partial charge in [0.2, 0.25) is 0 Å². The number of ether oxygens (including phenoxy) is 3. The highest BCUT2D eigenvalue weighted by molar-refractivity contribution is 5.92. The van der Waals surface area contributed by atoms with E-state index in [-0.39, 0.29) is 12.5 Å². The number of nitrogens with zero attached hydrogens (tertiary/aromatic N) is 3. The van der Waals surface area contributed by atoms with Crippen molar-refractivity contribution in [1.82, 2.24) is 14.9 Å². The Kier molecular flexibility index (Phi) is 5.57. The summed E-state index contributed by atoms with van der Waals surface area (Å²) in [5, 5.41) is 0. The van der Waals surface area contributed by atoms with Gasteiger partial charge in [-0.15, -0.1) is 0 Å². The fourth-order valence-corrected chi connectivity index (χ4v) is 2.66. The molecule has 1 aromatic heterocycles. The Morgan fingerprint density at radius 2 is 2.16 bits per heavy atom. The van der Waals surface area contributed by atoms with Crippen LogP contribution in [0.4, 0.5) is 0 Å². The first-order chi connectivity index (χ1) is 12.2. The zero-order chi connectivity index (χ0) is 17.5. The summed E-state index contributed by atoms with van der Waals surface area (Å²) in [7, 11) is 1.61. The van der Waals surface area contributed by atoms with Crippen LogP contribution in [0.15, 0.2) is 48.9 Å². The SMILES string of the molecule is CO[C@@]1(COc2ccccc2)COCCN(C(=O)c2ccncn2)C1. The third-order valence-corrected chi connectivity index (χ3v) is 4.12. The highest BCUT2D eigenvalue weighted by Gasteiger charge is 2.38. The molecule has 0 radical (unpaired) electrons. The van der Waals surface area contributed by atoms with Gasteiger partial charge in [0.1, 0.15) is 30.0 Å². The van der Waals surface area contributed by atoms with Crippen LogP contribution in [-0.2, 0) is 9.47 Å². The molecule has 0 unspecified atom stereocenters. The van der Waals surface area contributed by atoms with Crippen molar-refractivity contribution in [1.29, 1.82) is 0 Å². The summed E-state index contributed by atoms with van der Waals surface area (Å²) >= 11 is 0. The summed E-state index contributed by atoms with van der Waals surface area (Å²) in [6.07, 6.45) is 2.92. The van der Waals surface area contributed by atoms with Crippen molar-refractivity contribution < 1.29 is 19.0 Å². The lowest BCUT2D eigenvalue weighted by molar-refractivity contribution is -0.0899. The van der Waals surface area contributed by atoms with Gasteiger partial charge in [-0.25, -0.2) is 9.97 Å². The first kappa shape index (κ1) is 17.3. The molecule has 2 heterocycles. The molecule has 0 saturated carbocycles. The van der Waals surface area contributed by atoms with E-state index in [9.17, 15) is 4.79 Å². The Hall–Kier alpha value is -2.51. The molecule has 1 aliphatic rings. The molecule has 0 spiro atoms. The molecule has 1 atom stereocenters. The molecule has 0 N–H and O–H groups in total. The maximum atomic E-state index is 12.7. The average Bonchev–Trinajstić information content (AvgIpc) is 2.91. The average molecular weight is 343 g/mol. The number of carbonyl (C=O) groups excluding carboxylic acids is 1. The van der Waals surface area contributed by atoms with Crippen LogP contribution in [0, 0.1) is 0 Å². The molecule has 1 fully saturated rings. The van der Waals surface area contributed by atoms with Crippen LogP contribution in [0.2, 0.25) is 0 Å². The molecule has 0 aliphatic carbocycles. The van der Waals surface area contributed by atoms with Gasteiger partial charge in [0.25, 0.3) is 5.91 Å². The predicted octanol–water partition coefficient (Wildman–Crippen LogP) is 1.41. The van der Waals surface area contributed by atoms with E-state index in [4.69, 9.17) is 14.2 Å². The normalized spacial score (nSPS) is 20.8. The molecule has 25 heavy (non-hydrogen) atoms. The van der Waals surface area contributed by atoms with Crippen molar-refractivity contribution in [2.45, 2.75) is 5.60 Å². The van der Waals surface area contributed by atoms with Gasteiger partial charge in [0.15, 0.2) is 0 Å². The summed E-state index contributed by atoms with van der Waals surface area (Å²) in [6.45, 7) is 1.90. The summed E-state index contributed by atoms with van der Waals surface area (Å²) in [4.78, 5) is 22.3. The van der Waals surface area contributed by atoms with Crippen molar-refractivity contribution in [3.63, 3.8) is 0 Å². The molecule has 7 nitrogen and oxygen atoms in total. The van der Waals surface area contributed by atoms with Crippen LogP contribution in [0.1, 0.15) is 10.5 Å². The number of methoxy groups -OCH3 is 1. The van der Waals surface area contributed by atoms with Crippen molar-refractivity contribution >= 4 is 5.91 Å². The van der Waals surface area contributed by atoms with Crippen LogP contribution in [0.5, 0.6) is 5.75 Å². The lowest BCUT2D eigenvalue weighted by Gasteiger charge is -2.33. The molecule has 0 bridgehead atoms. The lowest BCUT2D eigenvalue weighted by Crippen LogP contribution is -2.51. The van der Waals surface area contributed by atoms with Gasteiger partial charge >= 0.3 is 0 Å². The second-order valence-electron chi connectivity index (χ2n) is 5.86. The summed E-state index contributed by atoms with van der Waals surface area (Å²) in [5.74, 6) is 0.575. The third-order valence-electron chi connectivity index (χ3n) is 4.12. The van der Waals surface area contributed by atoms with Gasteiger partial charge in [-0.2, -0.15) is 0 Å². The fourth-order valence-electron chi connectivity index (χ4n) is 2.66. The van der Waals surface area contributed by atoms with Crippen molar-refractivity contribution in [3.8, 4) is 5.75 Å². The van der Waals surface area contributed by atoms with Crippen molar-refractivity contribution in [3.05, 3.63) is 54.6 Å². The lowest BCUT2D eigenvalue weighted by atomic mass is 10.1. The minimum absolute atomic E-state index is 0.172. The molecule has 1 aromatic carbocycles. The minimum Gasteiger partial charge on any atom is -0.490 e. The van der Waals surface area contributed by atoms with E-state index in [1.807, 2.05) is 30.3 Å². The van der Waals surface area contributed by atoms with Crippen LogP contribution in [-0.4, -0.2) is 66.4 Å². The Balaban J connectivity index is 1.73. The van der Waals surface area contributed by atoms with Gasteiger partial charge < -0.3 is 19.1 Å². The van der Waals surface area contributed by atoms with Crippen LogP contribution in [0.3, 0.4) is 0 Å². The van der Waals surface area contributed by atoms with Crippen LogP contribution in [0.25, 0.3) is 0 Å². The molecule has 2 aromatic rings. The number of para-hydroxylation sites is 1. The van der Waals surface area contributed by atoms with Gasteiger partial charge in [-0.1, -0.05) is 18.2 Å². The van der Waals surface area contributed by atoms with Crippen LogP contribution < -0.4 is 4.74 Å². The molecule has 3 rings (SSSR count). The van der Waals surface area contributed by atoms with Gasteiger partial charge in [0, 0.05) is 19.9 Å². The van der Waals surface area contributed by atoms with Crippen LogP contribution >= 0.6 is 0 Å². The first-order valence-electron chi connectivity index (χ1n) is 8.08. The number of amides is 1. The van der Waals surface area contributed by atoms with E-state index in [0.29, 0.717) is 32.0 Å². The largest absolute Gasteiger partial charge is 0.490 e. The summed E-state index contributed by atoms with van der Waals surface area (Å²) < 4.78 is 17.3. The number of aromatic nitrogens is 2. The third kappa shape index (κ3) is 4.32. The number of hydrogen-bond acceptors (Lipinski definition) is 6. The zero-order valence-corrected chi connectivity index (χ0v) is 14.1. The Morgan fingerprint density at radius 3 is 2.88 bits per heavy atom. The molecular formula is C18H21N3O4. The van der Waals surface area contributed by atoms with E-state index in [0.717, 1.165) is 5.75 Å². The van der Waals surface area contributed by atoms with E-state index in [1.54, 1.807) is 24.3 Å². The molecule has 1 aliphatic heterocycles. The summed E-state index contributed by atoms with van der Waals surface area (Å²) in [6, 6.07) is 11.1. The standard InChI is InChI=1S/C18H21N3O4/c1-23-18(13-25-15-5-3-2-4-6-15)11-21(9-10-24-12-18)17(22)16-7-8-19-14-20-16/h2-8,14H,9-13H2,1H3/t18-/m1/s1. The number of rotatable bonds is 5. The quantitative estimate of drug-likeness (QED) is 0.817. The van der Waals surface area contributed by atoms with Gasteiger partial charge in [-0.3, -0.25) is 4.79 Å². The number of carbonyl (C=O) groups is 1. The number of benzene rings is 1. The Morgan fingerprint density at radius 1 is 1.32 bits per heavy atom. The van der Waals surface area contributed by atoms with Crippen molar-refractivity contribution in [2.24, 2.45) is 0 Å². The van der Waals surface area contributed by atoms with Gasteiger partial charge in [-0.05, 0) is 18.2 Å². The molecule has 132 valence electrons. The zero-order valence-electron chi connectivity index (χ0n) is 14.1. The fraction of sp³-hybridized carbons (Fsp3) is 0.389. The Labute approximate surface area is 146 Å². The number of hydrogen-bond donors (Lipinski definition) is 0. The molecular weight excluding hydrogens is 322 g/mol. The first-order valence-corrected chi connectivity index (χ1v) is 8.08. The highest BCUT2D eigenvalue weighted by Crippen LogP contribution is 2.20.